The maximum atomic E-state index is 11.8. The number of hydrogen-bond acceptors (Lipinski definition) is 1. The van der Waals surface area contributed by atoms with Crippen molar-refractivity contribution in [3.8, 4) is 0 Å². The maximum Gasteiger partial charge on any atom is 0.319 e. The summed E-state index contributed by atoms with van der Waals surface area (Å²) in [7, 11) is 0. The number of carbonyl (C=O) groups is 1. The van der Waals surface area contributed by atoms with Crippen LogP contribution in [0.5, 0.6) is 0 Å². The minimum absolute atomic E-state index is 0.234. The van der Waals surface area contributed by atoms with Gasteiger partial charge < -0.3 is 10.6 Å². The molecule has 0 heterocycles. The van der Waals surface area contributed by atoms with Gasteiger partial charge in [0.25, 0.3) is 0 Å². The van der Waals surface area contributed by atoms with Crippen LogP contribution in [0.25, 0.3) is 0 Å². The van der Waals surface area contributed by atoms with Crippen LogP contribution in [0.3, 0.4) is 0 Å². The van der Waals surface area contributed by atoms with Gasteiger partial charge in [-0.25, -0.2) is 4.79 Å². The molecule has 0 saturated carbocycles. The van der Waals surface area contributed by atoms with Crippen LogP contribution in [0.15, 0.2) is 42.5 Å². The van der Waals surface area contributed by atoms with Crippen LogP contribution in [0.1, 0.15) is 11.1 Å². The minimum Gasteiger partial charge on any atom is -0.338 e. The number of urea groups is 1. The van der Waals surface area contributed by atoms with Crippen LogP contribution in [-0.2, 0) is 6.42 Å². The van der Waals surface area contributed by atoms with Crippen molar-refractivity contribution in [1.29, 1.82) is 0 Å². The molecule has 0 fully saturated rings. The molecule has 21 heavy (non-hydrogen) atoms. The summed E-state index contributed by atoms with van der Waals surface area (Å²) < 4.78 is 0. The van der Waals surface area contributed by atoms with E-state index in [0.717, 1.165) is 23.2 Å². The summed E-state index contributed by atoms with van der Waals surface area (Å²) in [4.78, 5) is 11.8. The molecule has 2 rings (SSSR count). The van der Waals surface area contributed by atoms with Gasteiger partial charge in [0.15, 0.2) is 0 Å². The molecule has 0 aromatic heterocycles. The maximum absolute atomic E-state index is 11.8. The Bertz CT molecular complexity index is 644. The first-order chi connectivity index (χ1) is 10.0. The van der Waals surface area contributed by atoms with Gasteiger partial charge in [0.05, 0.1) is 0 Å². The van der Waals surface area contributed by atoms with E-state index in [1.165, 1.54) is 0 Å². The van der Waals surface area contributed by atoms with Crippen molar-refractivity contribution in [2.24, 2.45) is 0 Å². The Balaban J connectivity index is 1.82. The first kappa shape index (κ1) is 15.7. The zero-order valence-corrected chi connectivity index (χ0v) is 13.1. The molecule has 0 unspecified atom stereocenters. The highest BCUT2D eigenvalue weighted by Crippen LogP contribution is 2.19. The molecule has 0 aliphatic carbocycles. The molecule has 0 spiro atoms. The van der Waals surface area contributed by atoms with E-state index >= 15 is 0 Å². The Morgan fingerprint density at radius 2 is 1.86 bits per heavy atom. The second-order valence-electron chi connectivity index (χ2n) is 4.72. The van der Waals surface area contributed by atoms with Crippen LogP contribution in [-0.4, -0.2) is 12.6 Å². The molecule has 0 aliphatic rings. The number of hydrogen-bond donors (Lipinski definition) is 2. The van der Waals surface area contributed by atoms with Gasteiger partial charge in [0, 0.05) is 22.3 Å². The van der Waals surface area contributed by atoms with Gasteiger partial charge in [-0.3, -0.25) is 0 Å². The predicted octanol–water partition coefficient (Wildman–Crippen LogP) is 4.67. The Morgan fingerprint density at radius 3 is 2.57 bits per heavy atom. The SMILES string of the molecule is Cc1cc(Cl)ccc1NC(=O)NCCc1cccc(Cl)c1. The first-order valence-corrected chi connectivity index (χ1v) is 7.35. The van der Waals surface area contributed by atoms with E-state index in [4.69, 9.17) is 23.2 Å². The van der Waals surface area contributed by atoms with Crippen molar-refractivity contribution >= 4 is 34.9 Å². The fourth-order valence-electron chi connectivity index (χ4n) is 1.95. The third-order valence-corrected chi connectivity index (χ3v) is 3.50. The van der Waals surface area contributed by atoms with Crippen LogP contribution in [0, 0.1) is 6.92 Å². The van der Waals surface area contributed by atoms with Gasteiger partial charge in [0.2, 0.25) is 0 Å². The van der Waals surface area contributed by atoms with E-state index in [1.54, 1.807) is 12.1 Å². The molecule has 0 saturated heterocycles. The lowest BCUT2D eigenvalue weighted by Crippen LogP contribution is -2.30. The number of rotatable bonds is 4. The van der Waals surface area contributed by atoms with Gasteiger partial charge in [-0.15, -0.1) is 0 Å². The Hall–Kier alpha value is -1.71. The molecule has 0 bridgehead atoms. The summed E-state index contributed by atoms with van der Waals surface area (Å²) in [5, 5.41) is 6.97. The fraction of sp³-hybridized carbons (Fsp3) is 0.188. The number of nitrogens with one attached hydrogen (secondary N) is 2. The molecular formula is C16H16Cl2N2O. The molecule has 2 N–H and O–H groups in total. The average Bonchev–Trinajstić information content (AvgIpc) is 2.42. The van der Waals surface area contributed by atoms with Crippen molar-refractivity contribution in [3.63, 3.8) is 0 Å². The van der Waals surface area contributed by atoms with Gasteiger partial charge in [-0.2, -0.15) is 0 Å². The summed E-state index contributed by atoms with van der Waals surface area (Å²) in [5.41, 5.74) is 2.76. The highest BCUT2D eigenvalue weighted by Gasteiger charge is 2.04. The fourth-order valence-corrected chi connectivity index (χ4v) is 2.39. The number of amides is 2. The Labute approximate surface area is 134 Å². The summed E-state index contributed by atoms with van der Waals surface area (Å²) in [6.07, 6.45) is 0.730. The quantitative estimate of drug-likeness (QED) is 0.844. The van der Waals surface area contributed by atoms with E-state index in [9.17, 15) is 4.79 Å². The zero-order chi connectivity index (χ0) is 15.2. The monoisotopic (exact) mass is 322 g/mol. The lowest BCUT2D eigenvalue weighted by molar-refractivity contribution is 0.252. The average molecular weight is 323 g/mol. The van der Waals surface area contributed by atoms with Crippen molar-refractivity contribution < 1.29 is 4.79 Å². The van der Waals surface area contributed by atoms with Gasteiger partial charge >= 0.3 is 6.03 Å². The molecule has 110 valence electrons. The lowest BCUT2D eigenvalue weighted by Gasteiger charge is -2.10. The highest BCUT2D eigenvalue weighted by atomic mass is 35.5. The lowest BCUT2D eigenvalue weighted by atomic mass is 10.1. The summed E-state index contributed by atoms with van der Waals surface area (Å²) >= 11 is 11.8. The summed E-state index contributed by atoms with van der Waals surface area (Å²) in [5.74, 6) is 0. The molecule has 2 aromatic carbocycles. The molecular weight excluding hydrogens is 307 g/mol. The molecule has 0 aliphatic heterocycles. The predicted molar refractivity (Wildman–Crippen MR) is 88.4 cm³/mol. The first-order valence-electron chi connectivity index (χ1n) is 6.60. The molecule has 3 nitrogen and oxygen atoms in total. The molecule has 2 aromatic rings. The number of carbonyl (C=O) groups excluding carboxylic acids is 1. The topological polar surface area (TPSA) is 41.1 Å². The smallest absolute Gasteiger partial charge is 0.319 e. The van der Waals surface area contributed by atoms with Gasteiger partial charge in [0.1, 0.15) is 0 Å². The molecule has 0 atom stereocenters. The van der Waals surface area contributed by atoms with Gasteiger partial charge in [-0.05, 0) is 54.8 Å². The number of benzene rings is 2. The Morgan fingerprint density at radius 1 is 1.10 bits per heavy atom. The normalized spacial score (nSPS) is 10.2. The highest BCUT2D eigenvalue weighted by molar-refractivity contribution is 6.31. The standard InChI is InChI=1S/C16H16Cl2N2O/c1-11-9-14(18)5-6-15(11)20-16(21)19-8-7-12-3-2-4-13(17)10-12/h2-6,9-10H,7-8H2,1H3,(H2,19,20,21). The van der Waals surface area contributed by atoms with Crippen LogP contribution >= 0.6 is 23.2 Å². The van der Waals surface area contributed by atoms with Crippen LogP contribution in [0.2, 0.25) is 10.0 Å². The molecule has 0 radical (unpaired) electrons. The van der Waals surface area contributed by atoms with E-state index in [1.807, 2.05) is 37.3 Å². The van der Waals surface area contributed by atoms with Crippen LogP contribution < -0.4 is 10.6 Å². The number of halogens is 2. The second-order valence-corrected chi connectivity index (χ2v) is 5.59. The second kappa shape index (κ2) is 7.34. The van der Waals surface area contributed by atoms with E-state index in [2.05, 4.69) is 10.6 Å². The van der Waals surface area contributed by atoms with E-state index in [-0.39, 0.29) is 6.03 Å². The van der Waals surface area contributed by atoms with Gasteiger partial charge in [-0.1, -0.05) is 35.3 Å². The third kappa shape index (κ3) is 4.96. The van der Waals surface area contributed by atoms with E-state index in [0.29, 0.717) is 16.6 Å². The van der Waals surface area contributed by atoms with Crippen molar-refractivity contribution in [3.05, 3.63) is 63.6 Å². The third-order valence-electron chi connectivity index (χ3n) is 3.02. The summed E-state index contributed by atoms with van der Waals surface area (Å²) in [6.45, 7) is 2.44. The van der Waals surface area contributed by atoms with Crippen molar-refractivity contribution in [2.45, 2.75) is 13.3 Å². The Kier molecular flexibility index (Phi) is 5.48. The molecule has 2 amide bonds. The van der Waals surface area contributed by atoms with Crippen molar-refractivity contribution in [2.75, 3.05) is 11.9 Å². The summed E-state index contributed by atoms with van der Waals surface area (Å²) in [6, 6.07) is 12.7. The molecule has 5 heteroatoms. The number of aryl methyl sites for hydroxylation is 1. The van der Waals surface area contributed by atoms with E-state index < -0.39 is 0 Å². The minimum atomic E-state index is -0.234. The number of anilines is 1. The van der Waals surface area contributed by atoms with Crippen LogP contribution in [0.4, 0.5) is 10.5 Å². The van der Waals surface area contributed by atoms with Crippen molar-refractivity contribution in [1.82, 2.24) is 5.32 Å². The zero-order valence-electron chi connectivity index (χ0n) is 11.6. The largest absolute Gasteiger partial charge is 0.338 e.